The number of epoxide rings is 1. The van der Waals surface area contributed by atoms with Crippen LogP contribution in [0.25, 0.3) is 0 Å². The molecule has 0 spiro atoms. The number of hydrogen-bond acceptors (Lipinski definition) is 7. The minimum atomic E-state index is -0.681. The summed E-state index contributed by atoms with van der Waals surface area (Å²) < 4.78 is 22.6. The van der Waals surface area contributed by atoms with E-state index in [1.807, 2.05) is 13.0 Å². The summed E-state index contributed by atoms with van der Waals surface area (Å²) >= 11 is 0. The number of carbonyl (C=O) groups is 3. The van der Waals surface area contributed by atoms with E-state index >= 15 is 0 Å². The van der Waals surface area contributed by atoms with Gasteiger partial charge in [-0.15, -0.1) is 0 Å². The molecule has 1 aliphatic carbocycles. The van der Waals surface area contributed by atoms with Gasteiger partial charge in [-0.05, 0) is 51.5 Å². The van der Waals surface area contributed by atoms with Gasteiger partial charge in [-0.2, -0.15) is 0 Å². The Hall–Kier alpha value is -2.41. The minimum Gasteiger partial charge on any atom is -0.463 e. The fourth-order valence-electron chi connectivity index (χ4n) is 4.47. The molecule has 5 atom stereocenters. The molecule has 2 heterocycles. The number of hydrogen-bond donors (Lipinski definition) is 0. The van der Waals surface area contributed by atoms with Crippen molar-refractivity contribution in [2.24, 2.45) is 5.92 Å². The molecule has 0 aromatic carbocycles. The van der Waals surface area contributed by atoms with Crippen LogP contribution >= 0.6 is 0 Å². The van der Waals surface area contributed by atoms with Crippen LogP contribution in [0.3, 0.4) is 0 Å². The predicted molar refractivity (Wildman–Crippen MR) is 113 cm³/mol. The van der Waals surface area contributed by atoms with Gasteiger partial charge in [0.05, 0.1) is 6.10 Å². The van der Waals surface area contributed by atoms with Gasteiger partial charge in [-0.1, -0.05) is 24.3 Å². The summed E-state index contributed by atoms with van der Waals surface area (Å²) in [7, 11) is 0. The zero-order valence-electron chi connectivity index (χ0n) is 18.8. The standard InChI is InChI=1S/C24H32O7/c1-14-8-6-10-15(2)21(29-18(5)26)22-19(16(3)23(27)30-22)12-20-24(31-20,11-7-9-14)13-28-17(4)25/h9-10,19-22H,3,6-8,11-13H2,1-2,4-5H3/t19-,20-,21-,22-,24+/m1/s1. The first-order chi connectivity index (χ1) is 14.6. The van der Waals surface area contributed by atoms with Crippen molar-refractivity contribution in [1.29, 1.82) is 0 Å². The van der Waals surface area contributed by atoms with Crippen molar-refractivity contribution in [3.63, 3.8) is 0 Å². The van der Waals surface area contributed by atoms with E-state index in [-0.39, 0.29) is 24.6 Å². The average Bonchev–Trinajstić information content (AvgIpc) is 3.30. The summed E-state index contributed by atoms with van der Waals surface area (Å²) in [5, 5.41) is 0. The van der Waals surface area contributed by atoms with Gasteiger partial charge in [-0.3, -0.25) is 9.59 Å². The van der Waals surface area contributed by atoms with E-state index in [4.69, 9.17) is 18.9 Å². The Bertz CT molecular complexity index is 824. The van der Waals surface area contributed by atoms with Crippen molar-refractivity contribution < 1.29 is 33.3 Å². The zero-order valence-corrected chi connectivity index (χ0v) is 18.8. The summed E-state index contributed by atoms with van der Waals surface area (Å²) in [6.45, 7) is 10.8. The summed E-state index contributed by atoms with van der Waals surface area (Å²) in [6.07, 6.45) is 6.35. The molecule has 0 saturated carbocycles. The summed E-state index contributed by atoms with van der Waals surface area (Å²) in [4.78, 5) is 35.6. The van der Waals surface area contributed by atoms with Crippen LogP contribution in [-0.4, -0.2) is 48.4 Å². The zero-order chi connectivity index (χ0) is 22.8. The van der Waals surface area contributed by atoms with Gasteiger partial charge in [0.1, 0.15) is 18.3 Å². The lowest BCUT2D eigenvalue weighted by Gasteiger charge is -2.27. The van der Waals surface area contributed by atoms with Crippen LogP contribution in [0, 0.1) is 5.92 Å². The SMILES string of the molecule is C=C1C(=O)O[C@@H]2[C@@H]1C[C@H]1O[C@]1(COC(C)=O)CCC=C(C)CCC=C(C)[C@H]2OC(C)=O. The smallest absolute Gasteiger partial charge is 0.334 e. The van der Waals surface area contributed by atoms with E-state index in [2.05, 4.69) is 19.6 Å². The number of carbonyl (C=O) groups excluding carboxylic acids is 3. The van der Waals surface area contributed by atoms with E-state index in [0.29, 0.717) is 18.4 Å². The summed E-state index contributed by atoms with van der Waals surface area (Å²) in [5.41, 5.74) is 1.88. The first-order valence-corrected chi connectivity index (χ1v) is 10.8. The topological polar surface area (TPSA) is 91.4 Å². The summed E-state index contributed by atoms with van der Waals surface area (Å²) in [6, 6.07) is 0. The summed E-state index contributed by atoms with van der Waals surface area (Å²) in [5.74, 6) is -1.63. The monoisotopic (exact) mass is 432 g/mol. The molecule has 170 valence electrons. The molecule has 7 nitrogen and oxygen atoms in total. The molecule has 2 saturated heterocycles. The van der Waals surface area contributed by atoms with Crippen LogP contribution in [0.5, 0.6) is 0 Å². The first-order valence-electron chi connectivity index (χ1n) is 10.8. The lowest BCUT2D eigenvalue weighted by Crippen LogP contribution is -2.37. The van der Waals surface area contributed by atoms with E-state index in [9.17, 15) is 14.4 Å². The second kappa shape index (κ2) is 9.39. The highest BCUT2D eigenvalue weighted by Crippen LogP contribution is 2.48. The van der Waals surface area contributed by atoms with Gasteiger partial charge in [0.2, 0.25) is 0 Å². The molecule has 3 aliphatic rings. The Morgan fingerprint density at radius 1 is 1.19 bits per heavy atom. The third-order valence-corrected chi connectivity index (χ3v) is 6.35. The van der Waals surface area contributed by atoms with Crippen molar-refractivity contribution in [3.05, 3.63) is 35.5 Å². The molecule has 0 radical (unpaired) electrons. The maximum Gasteiger partial charge on any atom is 0.334 e. The van der Waals surface area contributed by atoms with E-state index < -0.39 is 29.7 Å². The Morgan fingerprint density at radius 3 is 2.61 bits per heavy atom. The molecule has 0 aromatic rings. The van der Waals surface area contributed by atoms with Gasteiger partial charge in [0.15, 0.2) is 6.10 Å². The Morgan fingerprint density at radius 2 is 1.94 bits per heavy atom. The largest absolute Gasteiger partial charge is 0.463 e. The fraction of sp³-hybridized carbons (Fsp3) is 0.625. The first kappa shape index (κ1) is 23.3. The van der Waals surface area contributed by atoms with E-state index in [0.717, 1.165) is 24.8 Å². The number of allylic oxidation sites excluding steroid dienone is 3. The van der Waals surface area contributed by atoms with Gasteiger partial charge in [0, 0.05) is 25.3 Å². The van der Waals surface area contributed by atoms with Gasteiger partial charge >= 0.3 is 17.9 Å². The third-order valence-electron chi connectivity index (χ3n) is 6.35. The Balaban J connectivity index is 1.92. The Kier molecular flexibility index (Phi) is 7.04. The number of fused-ring (bicyclic) bond motifs is 2. The van der Waals surface area contributed by atoms with Crippen LogP contribution < -0.4 is 0 Å². The molecule has 31 heavy (non-hydrogen) atoms. The maximum atomic E-state index is 12.4. The second-order valence-electron chi connectivity index (χ2n) is 8.79. The van der Waals surface area contributed by atoms with Crippen molar-refractivity contribution in [1.82, 2.24) is 0 Å². The molecule has 0 bridgehead atoms. The third kappa shape index (κ3) is 5.45. The normalized spacial score (nSPS) is 33.7. The quantitative estimate of drug-likeness (QED) is 0.221. The van der Waals surface area contributed by atoms with Crippen molar-refractivity contribution in [3.8, 4) is 0 Å². The number of rotatable bonds is 3. The highest BCUT2D eigenvalue weighted by molar-refractivity contribution is 5.91. The second-order valence-corrected chi connectivity index (χ2v) is 8.79. The number of esters is 3. The van der Waals surface area contributed by atoms with Gasteiger partial charge < -0.3 is 18.9 Å². The molecule has 7 heteroatoms. The van der Waals surface area contributed by atoms with Crippen molar-refractivity contribution in [2.75, 3.05) is 6.61 Å². The molecular weight excluding hydrogens is 400 g/mol. The molecule has 3 rings (SSSR count). The highest BCUT2D eigenvalue weighted by Gasteiger charge is 2.59. The fourth-order valence-corrected chi connectivity index (χ4v) is 4.47. The highest BCUT2D eigenvalue weighted by atomic mass is 16.6. The molecule has 0 aromatic heterocycles. The van der Waals surface area contributed by atoms with Crippen molar-refractivity contribution >= 4 is 17.9 Å². The number of ether oxygens (including phenoxy) is 4. The van der Waals surface area contributed by atoms with Gasteiger partial charge in [-0.25, -0.2) is 4.79 Å². The lowest BCUT2D eigenvalue weighted by atomic mass is 9.83. The van der Waals surface area contributed by atoms with Crippen LogP contribution in [0.2, 0.25) is 0 Å². The Labute approximate surface area is 183 Å². The van der Waals surface area contributed by atoms with Crippen LogP contribution in [0.15, 0.2) is 35.5 Å². The molecule has 0 N–H and O–H groups in total. The average molecular weight is 433 g/mol. The van der Waals surface area contributed by atoms with E-state index in [1.165, 1.54) is 19.4 Å². The van der Waals surface area contributed by atoms with Crippen LogP contribution in [-0.2, 0) is 33.3 Å². The molecule has 0 amide bonds. The molecule has 0 unspecified atom stereocenters. The predicted octanol–water partition coefficient (Wildman–Crippen LogP) is 3.57. The van der Waals surface area contributed by atoms with E-state index in [1.54, 1.807) is 0 Å². The molecule has 2 aliphatic heterocycles. The molecular formula is C24H32O7. The maximum absolute atomic E-state index is 12.4. The molecule has 2 fully saturated rings. The minimum absolute atomic E-state index is 0.171. The lowest BCUT2D eigenvalue weighted by molar-refractivity contribution is -0.157. The van der Waals surface area contributed by atoms with Crippen molar-refractivity contribution in [2.45, 2.75) is 83.7 Å². The van der Waals surface area contributed by atoms with Crippen LogP contribution in [0.4, 0.5) is 0 Å². The van der Waals surface area contributed by atoms with Crippen LogP contribution in [0.1, 0.15) is 59.8 Å². The van der Waals surface area contributed by atoms with Gasteiger partial charge in [0.25, 0.3) is 0 Å².